The van der Waals surface area contributed by atoms with Gasteiger partial charge in [0.1, 0.15) is 0 Å². The molecule has 0 saturated heterocycles. The Morgan fingerprint density at radius 2 is 2.00 bits per heavy atom. The van der Waals surface area contributed by atoms with Crippen LogP contribution >= 0.6 is 11.3 Å². The molecule has 102 valence electrons. The highest BCUT2D eigenvalue weighted by Gasteiger charge is 2.21. The summed E-state index contributed by atoms with van der Waals surface area (Å²) in [7, 11) is -3.38. The summed E-state index contributed by atoms with van der Waals surface area (Å²) in [6.07, 6.45) is 2.37. The van der Waals surface area contributed by atoms with E-state index in [9.17, 15) is 13.2 Å². The molecular formula is C10H17N3O3S2. The van der Waals surface area contributed by atoms with Crippen LogP contribution in [0.4, 0.5) is 0 Å². The predicted molar refractivity (Wildman–Crippen MR) is 69.5 cm³/mol. The largest absolute Gasteiger partial charge is 0.350 e. The van der Waals surface area contributed by atoms with Gasteiger partial charge in [-0.15, -0.1) is 10.2 Å². The molecule has 1 aromatic rings. The first-order valence-corrected chi connectivity index (χ1v) is 8.32. The predicted octanol–water partition coefficient (Wildman–Crippen LogP) is 1.25. The third kappa shape index (κ3) is 4.02. The molecule has 1 N–H and O–H groups in total. The normalized spacial score (nSPS) is 11.4. The second-order valence-corrected chi connectivity index (χ2v) is 7.06. The van der Waals surface area contributed by atoms with Gasteiger partial charge in [-0.2, -0.15) is 0 Å². The number of aromatic nitrogens is 2. The lowest BCUT2D eigenvalue weighted by Crippen LogP contribution is -2.24. The molecule has 0 bridgehead atoms. The zero-order valence-electron chi connectivity index (χ0n) is 10.5. The van der Waals surface area contributed by atoms with Crippen LogP contribution in [-0.4, -0.2) is 36.8 Å². The fourth-order valence-electron chi connectivity index (χ4n) is 1.24. The van der Waals surface area contributed by atoms with Gasteiger partial charge in [-0.3, -0.25) is 4.79 Å². The van der Waals surface area contributed by atoms with Crippen LogP contribution in [0.3, 0.4) is 0 Å². The van der Waals surface area contributed by atoms with E-state index in [0.717, 1.165) is 24.2 Å². The second kappa shape index (κ2) is 6.79. The number of carbonyl (C=O) groups is 1. The van der Waals surface area contributed by atoms with Gasteiger partial charge in [-0.05, 0) is 12.8 Å². The van der Waals surface area contributed by atoms with Crippen molar-refractivity contribution in [1.29, 1.82) is 0 Å². The second-order valence-electron chi connectivity index (χ2n) is 3.80. The maximum absolute atomic E-state index is 11.7. The summed E-state index contributed by atoms with van der Waals surface area (Å²) in [6, 6.07) is 0. The molecule has 8 heteroatoms. The monoisotopic (exact) mass is 291 g/mol. The van der Waals surface area contributed by atoms with Crippen LogP contribution in [0.15, 0.2) is 4.34 Å². The first-order valence-electron chi connectivity index (χ1n) is 5.85. The van der Waals surface area contributed by atoms with Crippen LogP contribution in [0.25, 0.3) is 0 Å². The Morgan fingerprint density at radius 3 is 2.61 bits per heavy atom. The van der Waals surface area contributed by atoms with Gasteiger partial charge in [0.2, 0.25) is 19.2 Å². The summed E-state index contributed by atoms with van der Waals surface area (Å²) in [5.41, 5.74) is 0. The molecule has 0 spiro atoms. The highest BCUT2D eigenvalue weighted by Crippen LogP contribution is 2.17. The first kappa shape index (κ1) is 15.0. The van der Waals surface area contributed by atoms with E-state index >= 15 is 0 Å². The van der Waals surface area contributed by atoms with Crippen molar-refractivity contribution >= 4 is 27.1 Å². The zero-order valence-corrected chi connectivity index (χ0v) is 12.1. The Labute approximate surface area is 111 Å². The Bertz CT molecular complexity index is 496. The van der Waals surface area contributed by atoms with Crippen LogP contribution < -0.4 is 5.32 Å². The van der Waals surface area contributed by atoms with Gasteiger partial charge in [0, 0.05) is 6.54 Å². The maximum Gasteiger partial charge on any atom is 0.282 e. The topological polar surface area (TPSA) is 89.0 Å². The van der Waals surface area contributed by atoms with E-state index in [-0.39, 0.29) is 21.0 Å². The Hall–Kier alpha value is -1.02. The van der Waals surface area contributed by atoms with Gasteiger partial charge in [0.05, 0.1) is 5.75 Å². The van der Waals surface area contributed by atoms with Gasteiger partial charge in [-0.1, -0.05) is 31.6 Å². The standard InChI is InChI=1S/C10H17N3O3S2/c1-3-5-6-11-8(14)9-12-13-10(17-9)18(15,16)7-4-2/h3-7H2,1-2H3,(H,11,14). The molecule has 0 aliphatic carbocycles. The SMILES string of the molecule is CCCCNC(=O)c1nnc(S(=O)(=O)CCC)s1. The van der Waals surface area contributed by atoms with Crippen LogP contribution in [0.1, 0.15) is 42.9 Å². The number of amides is 1. The quantitative estimate of drug-likeness (QED) is 0.764. The molecule has 1 heterocycles. The van der Waals surface area contributed by atoms with Crippen molar-refractivity contribution in [3.8, 4) is 0 Å². The van der Waals surface area contributed by atoms with Crippen molar-refractivity contribution in [3.05, 3.63) is 5.01 Å². The average molecular weight is 291 g/mol. The Kier molecular flexibility index (Phi) is 5.67. The molecule has 0 saturated carbocycles. The van der Waals surface area contributed by atoms with E-state index < -0.39 is 9.84 Å². The van der Waals surface area contributed by atoms with Crippen LogP contribution in [0.5, 0.6) is 0 Å². The highest BCUT2D eigenvalue weighted by atomic mass is 32.2. The first-order chi connectivity index (χ1) is 8.51. The molecule has 1 aromatic heterocycles. The van der Waals surface area contributed by atoms with Crippen molar-refractivity contribution in [2.75, 3.05) is 12.3 Å². The number of nitrogens with one attached hydrogen (secondary N) is 1. The number of unbranched alkanes of at least 4 members (excludes halogenated alkanes) is 1. The highest BCUT2D eigenvalue weighted by molar-refractivity contribution is 7.93. The number of sulfone groups is 1. The average Bonchev–Trinajstić information content (AvgIpc) is 2.79. The minimum Gasteiger partial charge on any atom is -0.350 e. The lowest BCUT2D eigenvalue weighted by atomic mass is 10.3. The van der Waals surface area contributed by atoms with Crippen LogP contribution in [0, 0.1) is 0 Å². The fraction of sp³-hybridized carbons (Fsp3) is 0.700. The van der Waals surface area contributed by atoms with Crippen molar-refractivity contribution < 1.29 is 13.2 Å². The molecule has 1 rings (SSSR count). The van der Waals surface area contributed by atoms with Gasteiger partial charge in [0.15, 0.2) is 0 Å². The van der Waals surface area contributed by atoms with Gasteiger partial charge in [-0.25, -0.2) is 8.42 Å². The third-order valence-corrected chi connectivity index (χ3v) is 5.44. The summed E-state index contributed by atoms with van der Waals surface area (Å²) >= 11 is 0.824. The molecule has 0 aliphatic rings. The van der Waals surface area contributed by atoms with Crippen molar-refractivity contribution in [2.24, 2.45) is 0 Å². The fourth-order valence-corrected chi connectivity index (χ4v) is 3.60. The minimum absolute atomic E-state index is 0.0269. The number of rotatable bonds is 7. The zero-order chi connectivity index (χ0) is 13.6. The molecule has 18 heavy (non-hydrogen) atoms. The van der Waals surface area contributed by atoms with Crippen LogP contribution in [0.2, 0.25) is 0 Å². The van der Waals surface area contributed by atoms with E-state index in [1.54, 1.807) is 6.92 Å². The molecule has 0 unspecified atom stereocenters. The Morgan fingerprint density at radius 1 is 1.28 bits per heavy atom. The smallest absolute Gasteiger partial charge is 0.282 e. The van der Waals surface area contributed by atoms with Gasteiger partial charge < -0.3 is 5.32 Å². The number of hydrogen-bond acceptors (Lipinski definition) is 6. The van der Waals surface area contributed by atoms with Gasteiger partial charge >= 0.3 is 0 Å². The summed E-state index contributed by atoms with van der Waals surface area (Å²) < 4.78 is 23.3. The van der Waals surface area contributed by atoms with E-state index in [1.165, 1.54) is 0 Å². The summed E-state index contributed by atoms with van der Waals surface area (Å²) in [4.78, 5) is 11.6. The lowest BCUT2D eigenvalue weighted by molar-refractivity contribution is 0.0952. The molecule has 0 atom stereocenters. The lowest BCUT2D eigenvalue weighted by Gasteiger charge is -1.99. The molecular weight excluding hydrogens is 274 g/mol. The van der Waals surface area contributed by atoms with Crippen molar-refractivity contribution in [3.63, 3.8) is 0 Å². The number of nitrogens with zero attached hydrogens (tertiary/aromatic N) is 2. The maximum atomic E-state index is 11.7. The molecule has 0 aromatic carbocycles. The van der Waals surface area contributed by atoms with Crippen LogP contribution in [-0.2, 0) is 9.84 Å². The van der Waals surface area contributed by atoms with E-state index in [1.807, 2.05) is 6.92 Å². The Balaban J connectivity index is 2.71. The van der Waals surface area contributed by atoms with E-state index in [2.05, 4.69) is 15.5 Å². The summed E-state index contributed by atoms with van der Waals surface area (Å²) in [5, 5.41) is 9.96. The van der Waals surface area contributed by atoms with Crippen molar-refractivity contribution in [1.82, 2.24) is 15.5 Å². The molecule has 0 fully saturated rings. The summed E-state index contributed by atoms with van der Waals surface area (Å²) in [6.45, 7) is 4.36. The summed E-state index contributed by atoms with van der Waals surface area (Å²) in [5.74, 6) is -0.335. The molecule has 6 nitrogen and oxygen atoms in total. The number of hydrogen-bond donors (Lipinski definition) is 1. The van der Waals surface area contributed by atoms with Crippen molar-refractivity contribution in [2.45, 2.75) is 37.4 Å². The molecule has 1 amide bonds. The van der Waals surface area contributed by atoms with Gasteiger partial charge in [0.25, 0.3) is 5.91 Å². The van der Waals surface area contributed by atoms with E-state index in [0.29, 0.717) is 13.0 Å². The third-order valence-electron chi connectivity index (χ3n) is 2.16. The molecule has 0 radical (unpaired) electrons. The minimum atomic E-state index is -3.38. The molecule has 0 aliphatic heterocycles. The van der Waals surface area contributed by atoms with E-state index in [4.69, 9.17) is 0 Å². The number of carbonyl (C=O) groups excluding carboxylic acids is 1.